The first-order chi connectivity index (χ1) is 15.0. The van der Waals surface area contributed by atoms with Gasteiger partial charge in [-0.25, -0.2) is 15.0 Å². The minimum atomic E-state index is -0.143. The van der Waals surface area contributed by atoms with Gasteiger partial charge in [-0.15, -0.1) is 11.3 Å². The molecular formula is C22H22N6O2S. The number of aryl methyl sites for hydroxylation is 2. The smallest absolute Gasteiger partial charge is 0.262 e. The number of benzene rings is 1. The average molecular weight is 435 g/mol. The van der Waals surface area contributed by atoms with Gasteiger partial charge in [-0.2, -0.15) is 5.10 Å². The Balaban J connectivity index is 1.31. The Morgan fingerprint density at radius 3 is 2.68 bits per heavy atom. The lowest BCUT2D eigenvalue weighted by atomic mass is 10.1. The predicted octanol–water partition coefficient (Wildman–Crippen LogP) is 3.91. The number of carbonyl (C=O) groups is 1. The van der Waals surface area contributed by atoms with Crippen molar-refractivity contribution in [3.05, 3.63) is 52.0 Å². The normalized spacial score (nSPS) is 13.5. The number of ether oxygens (including phenoxy) is 1. The SMILES string of the molecule is COc1ccc(-c2n[nH]c(CNC(=O)c3sc4nc(C5CC5)nc(C)c4c3C)n2)cc1. The number of methoxy groups -OCH3 is 1. The molecule has 4 aromatic rings. The number of nitrogens with one attached hydrogen (secondary N) is 2. The van der Waals surface area contributed by atoms with Crippen LogP contribution in [0, 0.1) is 13.8 Å². The first-order valence-electron chi connectivity index (χ1n) is 10.1. The minimum Gasteiger partial charge on any atom is -0.497 e. The first-order valence-corrected chi connectivity index (χ1v) is 11.0. The van der Waals surface area contributed by atoms with Gasteiger partial charge in [0.25, 0.3) is 5.91 Å². The third kappa shape index (κ3) is 3.76. The molecule has 0 unspecified atom stereocenters. The van der Waals surface area contributed by atoms with Gasteiger partial charge in [0.05, 0.1) is 24.2 Å². The molecule has 158 valence electrons. The summed E-state index contributed by atoms with van der Waals surface area (Å²) in [6.07, 6.45) is 2.30. The summed E-state index contributed by atoms with van der Waals surface area (Å²) in [4.78, 5) is 28.3. The lowest BCUT2D eigenvalue weighted by Crippen LogP contribution is -2.23. The van der Waals surface area contributed by atoms with Crippen molar-refractivity contribution < 1.29 is 9.53 Å². The van der Waals surface area contributed by atoms with Gasteiger partial charge >= 0.3 is 0 Å². The van der Waals surface area contributed by atoms with E-state index >= 15 is 0 Å². The summed E-state index contributed by atoms with van der Waals surface area (Å²) in [6, 6.07) is 7.50. The van der Waals surface area contributed by atoms with Crippen LogP contribution in [0.3, 0.4) is 0 Å². The maximum absolute atomic E-state index is 12.9. The Kier molecular flexibility index (Phi) is 4.90. The van der Waals surface area contributed by atoms with Crippen LogP contribution >= 0.6 is 11.3 Å². The number of H-pyrrole nitrogens is 1. The number of carbonyl (C=O) groups excluding carboxylic acids is 1. The average Bonchev–Trinajstić information content (AvgIpc) is 3.43. The molecular weight excluding hydrogens is 412 g/mol. The largest absolute Gasteiger partial charge is 0.497 e. The van der Waals surface area contributed by atoms with E-state index in [1.807, 2.05) is 38.1 Å². The topological polar surface area (TPSA) is 106 Å². The summed E-state index contributed by atoms with van der Waals surface area (Å²) in [5.41, 5.74) is 2.74. The van der Waals surface area contributed by atoms with Crippen molar-refractivity contribution in [3.8, 4) is 17.1 Å². The molecule has 8 nitrogen and oxygen atoms in total. The van der Waals surface area contributed by atoms with Gasteiger partial charge in [-0.1, -0.05) is 0 Å². The number of hydrogen-bond donors (Lipinski definition) is 2. The van der Waals surface area contributed by atoms with Crippen LogP contribution in [0.25, 0.3) is 21.6 Å². The molecule has 0 atom stereocenters. The number of aromatic nitrogens is 5. The Hall–Kier alpha value is -3.33. The second kappa shape index (κ2) is 7.73. The fourth-order valence-corrected chi connectivity index (χ4v) is 4.74. The fraction of sp³-hybridized carbons (Fsp3) is 0.318. The standard InChI is InChI=1S/C22H22N6O2S/c1-11-17-12(2)24-19(13-4-5-13)26-22(17)31-18(11)21(29)23-10-16-25-20(28-27-16)14-6-8-15(30-3)9-7-14/h6-9,13H,4-5,10H2,1-3H3,(H,23,29)(H,25,27,28). The number of fused-ring (bicyclic) bond motifs is 1. The molecule has 2 N–H and O–H groups in total. The number of amides is 1. The summed E-state index contributed by atoms with van der Waals surface area (Å²) in [7, 11) is 1.63. The highest BCUT2D eigenvalue weighted by atomic mass is 32.1. The number of nitrogens with zero attached hydrogens (tertiary/aromatic N) is 4. The molecule has 1 saturated carbocycles. The van der Waals surface area contributed by atoms with Crippen LogP contribution in [0.15, 0.2) is 24.3 Å². The van der Waals surface area contributed by atoms with Gasteiger partial charge in [0, 0.05) is 16.9 Å². The van der Waals surface area contributed by atoms with Gasteiger partial charge in [0.15, 0.2) is 5.82 Å². The lowest BCUT2D eigenvalue weighted by molar-refractivity contribution is 0.0953. The molecule has 1 fully saturated rings. The quantitative estimate of drug-likeness (QED) is 0.477. The van der Waals surface area contributed by atoms with Crippen molar-refractivity contribution in [1.82, 2.24) is 30.5 Å². The molecule has 1 amide bonds. The number of rotatable bonds is 6. The van der Waals surface area contributed by atoms with Gasteiger partial charge in [0.2, 0.25) is 0 Å². The number of hydrogen-bond acceptors (Lipinski definition) is 7. The zero-order valence-corrected chi connectivity index (χ0v) is 18.3. The summed E-state index contributed by atoms with van der Waals surface area (Å²) < 4.78 is 5.17. The molecule has 5 rings (SSSR count). The second-order valence-corrected chi connectivity index (χ2v) is 8.69. The van der Waals surface area contributed by atoms with Crippen LogP contribution in [0.2, 0.25) is 0 Å². The molecule has 9 heteroatoms. The van der Waals surface area contributed by atoms with Crippen molar-refractivity contribution >= 4 is 27.5 Å². The van der Waals surface area contributed by atoms with Gasteiger partial charge in [0.1, 0.15) is 22.2 Å². The molecule has 3 aromatic heterocycles. The Bertz CT molecular complexity index is 1270. The Morgan fingerprint density at radius 2 is 1.97 bits per heavy atom. The van der Waals surface area contributed by atoms with Crippen molar-refractivity contribution in [2.45, 2.75) is 39.2 Å². The van der Waals surface area contributed by atoms with Gasteiger partial charge < -0.3 is 10.1 Å². The van der Waals surface area contributed by atoms with E-state index in [2.05, 4.69) is 25.5 Å². The van der Waals surface area contributed by atoms with E-state index in [0.717, 1.165) is 51.5 Å². The zero-order chi connectivity index (χ0) is 21.5. The van der Waals surface area contributed by atoms with Crippen LogP contribution in [-0.2, 0) is 6.54 Å². The molecule has 0 bridgehead atoms. The summed E-state index contributed by atoms with van der Waals surface area (Å²) in [5, 5.41) is 11.1. The summed E-state index contributed by atoms with van der Waals surface area (Å²) in [5.74, 6) is 3.18. The van der Waals surface area contributed by atoms with Crippen molar-refractivity contribution in [3.63, 3.8) is 0 Å². The van der Waals surface area contributed by atoms with Crippen LogP contribution in [0.4, 0.5) is 0 Å². The Morgan fingerprint density at radius 1 is 1.19 bits per heavy atom. The molecule has 0 saturated heterocycles. The molecule has 1 aromatic carbocycles. The highest BCUT2D eigenvalue weighted by Gasteiger charge is 2.28. The van der Waals surface area contributed by atoms with Crippen molar-refractivity contribution in [2.75, 3.05) is 7.11 Å². The highest BCUT2D eigenvalue weighted by molar-refractivity contribution is 7.20. The maximum atomic E-state index is 12.9. The van der Waals surface area contributed by atoms with Crippen LogP contribution in [0.5, 0.6) is 5.75 Å². The molecule has 1 aliphatic carbocycles. The Labute approximate surface area is 183 Å². The van der Waals surface area contributed by atoms with Crippen LogP contribution in [-0.4, -0.2) is 38.2 Å². The fourth-order valence-electron chi connectivity index (χ4n) is 3.59. The lowest BCUT2D eigenvalue weighted by Gasteiger charge is -2.03. The van der Waals surface area contributed by atoms with E-state index in [-0.39, 0.29) is 12.5 Å². The van der Waals surface area contributed by atoms with E-state index in [1.165, 1.54) is 11.3 Å². The molecule has 0 radical (unpaired) electrons. The van der Waals surface area contributed by atoms with E-state index < -0.39 is 0 Å². The van der Waals surface area contributed by atoms with Crippen molar-refractivity contribution in [1.29, 1.82) is 0 Å². The first kappa shape index (κ1) is 19.6. The molecule has 0 spiro atoms. The predicted molar refractivity (Wildman–Crippen MR) is 118 cm³/mol. The van der Waals surface area contributed by atoms with Gasteiger partial charge in [-0.3, -0.25) is 9.89 Å². The zero-order valence-electron chi connectivity index (χ0n) is 17.5. The molecule has 3 heterocycles. The minimum absolute atomic E-state index is 0.143. The number of aromatic amines is 1. The second-order valence-electron chi connectivity index (χ2n) is 7.69. The maximum Gasteiger partial charge on any atom is 0.262 e. The summed E-state index contributed by atoms with van der Waals surface area (Å²) >= 11 is 1.42. The molecule has 0 aliphatic heterocycles. The third-order valence-electron chi connectivity index (χ3n) is 5.43. The molecule has 1 aliphatic rings. The van der Waals surface area contributed by atoms with E-state index in [0.29, 0.717) is 22.4 Å². The highest BCUT2D eigenvalue weighted by Crippen LogP contribution is 2.40. The third-order valence-corrected chi connectivity index (χ3v) is 6.62. The number of thiophene rings is 1. The summed E-state index contributed by atoms with van der Waals surface area (Å²) in [6.45, 7) is 4.21. The van der Waals surface area contributed by atoms with E-state index in [4.69, 9.17) is 9.72 Å². The van der Waals surface area contributed by atoms with E-state index in [1.54, 1.807) is 7.11 Å². The van der Waals surface area contributed by atoms with Crippen LogP contribution in [0.1, 0.15) is 51.3 Å². The van der Waals surface area contributed by atoms with Crippen LogP contribution < -0.4 is 10.1 Å². The van der Waals surface area contributed by atoms with Gasteiger partial charge in [-0.05, 0) is 56.5 Å². The van der Waals surface area contributed by atoms with Crippen molar-refractivity contribution in [2.24, 2.45) is 0 Å². The monoisotopic (exact) mass is 434 g/mol. The molecule has 31 heavy (non-hydrogen) atoms. The van der Waals surface area contributed by atoms with E-state index in [9.17, 15) is 4.79 Å².